The Hall–Kier alpha value is -3.85. The number of carboxylic acid groups (broad SMARTS) is 1. The predicted molar refractivity (Wildman–Crippen MR) is 127 cm³/mol. The summed E-state index contributed by atoms with van der Waals surface area (Å²) in [5.41, 5.74) is 1.01. The molecule has 0 unspecified atom stereocenters. The van der Waals surface area contributed by atoms with Gasteiger partial charge < -0.3 is 14.6 Å². The van der Waals surface area contributed by atoms with Crippen LogP contribution in [0.25, 0.3) is 20.7 Å². The normalized spacial score (nSPS) is 11.0. The van der Waals surface area contributed by atoms with Crippen LogP contribution in [0.15, 0.2) is 58.1 Å². The fraction of sp³-hybridized carbons (Fsp3) is 0.208. The largest absolute Gasteiger partial charge is 0.497 e. The number of nitrogens with zero attached hydrogens (tertiary/aromatic N) is 2. The van der Waals surface area contributed by atoms with Gasteiger partial charge in [0, 0.05) is 10.4 Å². The van der Waals surface area contributed by atoms with Gasteiger partial charge in [-0.15, -0.1) is 11.3 Å². The molecule has 0 bridgehead atoms. The first-order valence-electron chi connectivity index (χ1n) is 10.1. The summed E-state index contributed by atoms with van der Waals surface area (Å²) in [6, 6.07) is 14.7. The van der Waals surface area contributed by atoms with Crippen molar-refractivity contribution >= 4 is 27.5 Å². The van der Waals surface area contributed by atoms with Crippen molar-refractivity contribution in [1.82, 2.24) is 9.13 Å². The summed E-state index contributed by atoms with van der Waals surface area (Å²) >= 11 is 1.33. The molecule has 4 rings (SSSR count). The second-order valence-electron chi connectivity index (χ2n) is 7.43. The predicted octanol–water partition coefficient (Wildman–Crippen LogP) is 3.35. The average molecular weight is 467 g/mol. The van der Waals surface area contributed by atoms with Gasteiger partial charge in [-0.3, -0.25) is 14.2 Å². The summed E-state index contributed by atoms with van der Waals surface area (Å²) in [4.78, 5) is 39.2. The molecule has 2 aromatic heterocycles. The molecule has 0 fully saturated rings. The van der Waals surface area contributed by atoms with E-state index in [1.54, 1.807) is 20.3 Å². The van der Waals surface area contributed by atoms with E-state index in [0.717, 1.165) is 20.6 Å². The van der Waals surface area contributed by atoms with Crippen LogP contribution in [0.4, 0.5) is 0 Å². The van der Waals surface area contributed by atoms with Crippen LogP contribution in [-0.2, 0) is 17.9 Å². The minimum Gasteiger partial charge on any atom is -0.497 e. The van der Waals surface area contributed by atoms with Crippen LogP contribution in [0.1, 0.15) is 11.1 Å². The number of fused-ring (bicyclic) bond motifs is 1. The molecule has 1 N–H and O–H groups in total. The van der Waals surface area contributed by atoms with Crippen molar-refractivity contribution < 1.29 is 19.4 Å². The minimum atomic E-state index is -1.26. The van der Waals surface area contributed by atoms with Gasteiger partial charge in [-0.2, -0.15) is 0 Å². The Bertz CT molecular complexity index is 1460. The number of ether oxygens (including phenoxy) is 2. The number of hydrogen-bond acceptors (Lipinski definition) is 6. The van der Waals surface area contributed by atoms with Crippen molar-refractivity contribution in [3.8, 4) is 21.9 Å². The Kier molecular flexibility index (Phi) is 6.06. The second-order valence-corrected chi connectivity index (χ2v) is 8.43. The van der Waals surface area contributed by atoms with Gasteiger partial charge in [0.1, 0.15) is 22.9 Å². The van der Waals surface area contributed by atoms with Crippen molar-refractivity contribution in [2.45, 2.75) is 20.0 Å². The lowest BCUT2D eigenvalue weighted by molar-refractivity contribution is -0.137. The minimum absolute atomic E-state index is 0.126. The molecule has 0 atom stereocenters. The topological polar surface area (TPSA) is 99.8 Å². The smallest absolute Gasteiger partial charge is 0.332 e. The second kappa shape index (κ2) is 8.95. The standard InChI is InChI=1S/C24H22N2O6S/c1-14-20-22(29)25(13-19(27)28)24(30)26(12-16-6-4-5-7-18(16)32-3)23(20)33-21(14)15-8-10-17(31-2)11-9-15/h4-11H,12-13H2,1-3H3,(H,27,28). The van der Waals surface area contributed by atoms with Crippen LogP contribution in [0, 0.1) is 6.92 Å². The van der Waals surface area contributed by atoms with Gasteiger partial charge in [-0.05, 0) is 48.4 Å². The van der Waals surface area contributed by atoms with Gasteiger partial charge in [0.15, 0.2) is 0 Å². The van der Waals surface area contributed by atoms with Gasteiger partial charge in [-0.1, -0.05) is 18.2 Å². The maximum atomic E-state index is 13.3. The number of aromatic nitrogens is 2. The van der Waals surface area contributed by atoms with E-state index in [-0.39, 0.29) is 6.54 Å². The lowest BCUT2D eigenvalue weighted by Crippen LogP contribution is -2.41. The quantitative estimate of drug-likeness (QED) is 0.448. The molecule has 0 aliphatic rings. The van der Waals surface area contributed by atoms with Crippen molar-refractivity contribution in [1.29, 1.82) is 0 Å². The Morgan fingerprint density at radius 2 is 1.70 bits per heavy atom. The number of aryl methyl sites for hydroxylation is 1. The number of aliphatic carboxylic acids is 1. The van der Waals surface area contributed by atoms with E-state index in [2.05, 4.69) is 0 Å². The number of thiophene rings is 1. The van der Waals surface area contributed by atoms with E-state index < -0.39 is 23.8 Å². The zero-order valence-electron chi connectivity index (χ0n) is 18.3. The van der Waals surface area contributed by atoms with Gasteiger partial charge in [0.2, 0.25) is 0 Å². The molecule has 170 valence electrons. The van der Waals surface area contributed by atoms with E-state index in [1.165, 1.54) is 15.9 Å². The number of rotatable bonds is 7. The SMILES string of the molecule is COc1ccc(-c2sc3c(c2C)c(=O)n(CC(=O)O)c(=O)n3Cc2ccccc2OC)cc1. The fourth-order valence-corrected chi connectivity index (χ4v) is 5.13. The molecule has 0 spiro atoms. The number of hydrogen-bond donors (Lipinski definition) is 1. The van der Waals surface area contributed by atoms with Crippen LogP contribution in [0.2, 0.25) is 0 Å². The third kappa shape index (κ3) is 4.03. The molecule has 0 aliphatic carbocycles. The molecule has 2 aromatic carbocycles. The van der Waals surface area contributed by atoms with E-state index in [0.29, 0.717) is 27.3 Å². The van der Waals surface area contributed by atoms with Crippen molar-refractivity contribution in [2.75, 3.05) is 14.2 Å². The Morgan fingerprint density at radius 3 is 2.33 bits per heavy atom. The van der Waals surface area contributed by atoms with Crippen molar-refractivity contribution in [2.24, 2.45) is 0 Å². The highest BCUT2D eigenvalue weighted by molar-refractivity contribution is 7.22. The lowest BCUT2D eigenvalue weighted by Gasteiger charge is -2.13. The van der Waals surface area contributed by atoms with Crippen LogP contribution in [0.3, 0.4) is 0 Å². The van der Waals surface area contributed by atoms with Crippen molar-refractivity contribution in [3.05, 3.63) is 80.5 Å². The van der Waals surface area contributed by atoms with Crippen LogP contribution in [-0.4, -0.2) is 34.4 Å². The summed E-state index contributed by atoms with van der Waals surface area (Å²) in [7, 11) is 3.13. The van der Waals surface area contributed by atoms with Crippen LogP contribution in [0.5, 0.6) is 11.5 Å². The van der Waals surface area contributed by atoms with Gasteiger partial charge in [0.05, 0.1) is 26.2 Å². The molecule has 0 saturated carbocycles. The van der Waals surface area contributed by atoms with E-state index in [1.807, 2.05) is 49.4 Å². The monoisotopic (exact) mass is 466 g/mol. The molecular formula is C24H22N2O6S. The average Bonchev–Trinajstić information content (AvgIpc) is 3.16. The van der Waals surface area contributed by atoms with Gasteiger partial charge in [-0.25, -0.2) is 9.36 Å². The Morgan fingerprint density at radius 1 is 1.00 bits per heavy atom. The van der Waals surface area contributed by atoms with Crippen LogP contribution < -0.4 is 20.7 Å². The Balaban J connectivity index is 2.01. The van der Waals surface area contributed by atoms with E-state index in [9.17, 15) is 19.5 Å². The summed E-state index contributed by atoms with van der Waals surface area (Å²) in [5.74, 6) is 0.0345. The summed E-state index contributed by atoms with van der Waals surface area (Å²) in [6.45, 7) is 1.22. The first-order valence-corrected chi connectivity index (χ1v) is 10.9. The molecule has 0 aliphatic heterocycles. The number of para-hydroxylation sites is 1. The molecule has 0 amide bonds. The lowest BCUT2D eigenvalue weighted by atomic mass is 10.1. The molecule has 33 heavy (non-hydrogen) atoms. The number of carboxylic acids is 1. The van der Waals surface area contributed by atoms with Gasteiger partial charge in [0.25, 0.3) is 5.56 Å². The fourth-order valence-electron chi connectivity index (χ4n) is 3.83. The van der Waals surface area contributed by atoms with E-state index in [4.69, 9.17) is 9.47 Å². The molecule has 2 heterocycles. The molecule has 8 nitrogen and oxygen atoms in total. The van der Waals surface area contributed by atoms with Crippen LogP contribution >= 0.6 is 11.3 Å². The number of carbonyl (C=O) groups is 1. The molecule has 0 radical (unpaired) electrons. The Labute approximate surface area is 192 Å². The summed E-state index contributed by atoms with van der Waals surface area (Å²) in [6.07, 6.45) is 0. The third-order valence-corrected chi connectivity index (χ3v) is 6.82. The highest BCUT2D eigenvalue weighted by atomic mass is 32.1. The van der Waals surface area contributed by atoms with Crippen molar-refractivity contribution in [3.63, 3.8) is 0 Å². The first-order chi connectivity index (χ1) is 15.8. The molecule has 0 saturated heterocycles. The summed E-state index contributed by atoms with van der Waals surface area (Å²) in [5, 5.41) is 9.65. The number of methoxy groups -OCH3 is 2. The highest BCUT2D eigenvalue weighted by Crippen LogP contribution is 2.37. The summed E-state index contributed by atoms with van der Waals surface area (Å²) < 4.78 is 12.9. The molecule has 9 heteroatoms. The number of benzene rings is 2. The highest BCUT2D eigenvalue weighted by Gasteiger charge is 2.22. The maximum Gasteiger partial charge on any atom is 0.332 e. The van der Waals surface area contributed by atoms with Gasteiger partial charge >= 0.3 is 11.7 Å². The third-order valence-electron chi connectivity index (χ3n) is 5.46. The zero-order valence-corrected chi connectivity index (χ0v) is 19.1. The van der Waals surface area contributed by atoms with E-state index >= 15 is 0 Å². The maximum absolute atomic E-state index is 13.3. The first kappa shape index (κ1) is 22.3. The molecule has 4 aromatic rings. The zero-order chi connectivity index (χ0) is 23.7. The molecular weight excluding hydrogens is 444 g/mol.